The number of piperidine rings is 1. The van der Waals surface area contributed by atoms with E-state index in [0.29, 0.717) is 68.2 Å². The van der Waals surface area contributed by atoms with Gasteiger partial charge in [-0.25, -0.2) is 0 Å². The van der Waals surface area contributed by atoms with Crippen LogP contribution in [0.1, 0.15) is 50.8 Å². The molecule has 1 saturated heterocycles. The van der Waals surface area contributed by atoms with Crippen LogP contribution in [-0.4, -0.2) is 42.1 Å². The number of carbonyl (C=O) groups is 3. The molecular formula is C31H31N5O4S. The van der Waals surface area contributed by atoms with Crippen LogP contribution in [0.25, 0.3) is 10.1 Å². The number of para-hydroxylation sites is 1. The monoisotopic (exact) mass is 569 g/mol. The van der Waals surface area contributed by atoms with Crippen molar-refractivity contribution in [2.45, 2.75) is 37.4 Å². The van der Waals surface area contributed by atoms with Crippen LogP contribution < -0.4 is 27.3 Å². The maximum Gasteiger partial charge on any atom is 0.262 e. The lowest BCUT2D eigenvalue weighted by Crippen LogP contribution is -2.53. The lowest BCUT2D eigenvalue weighted by atomic mass is 9.69. The number of benzene rings is 3. The predicted octanol–water partition coefficient (Wildman–Crippen LogP) is 3.72. The summed E-state index contributed by atoms with van der Waals surface area (Å²) >= 11 is 1.21. The van der Waals surface area contributed by atoms with E-state index in [1.165, 1.54) is 11.3 Å². The normalized spacial score (nSPS) is 22.2. The summed E-state index contributed by atoms with van der Waals surface area (Å²) in [7, 11) is 1.72. The highest BCUT2D eigenvalue weighted by Gasteiger charge is 2.49. The smallest absolute Gasteiger partial charge is 0.262 e. The molecule has 1 aliphatic heterocycles. The Morgan fingerprint density at radius 2 is 1.80 bits per heavy atom. The Hall–Kier alpha value is -4.25. The fraction of sp³-hybridized carbons (Fsp3) is 0.258. The molecule has 1 aromatic heterocycles. The van der Waals surface area contributed by atoms with Gasteiger partial charge in [0.25, 0.3) is 5.91 Å². The van der Waals surface area contributed by atoms with Crippen LogP contribution >= 0.6 is 11.3 Å². The SMILES string of the molecule is Cc1cc(Oc2ccccc2)ccc1C1(N)C(=O)C(N)c2c(C(=O)NC3CCC(=O)N(C)C3)sc3c(N)ccc1c23. The second-order valence-corrected chi connectivity index (χ2v) is 11.8. The van der Waals surface area contributed by atoms with Crippen molar-refractivity contribution >= 4 is 44.7 Å². The topological polar surface area (TPSA) is 154 Å². The minimum Gasteiger partial charge on any atom is -0.457 e. The van der Waals surface area contributed by atoms with Crippen LogP contribution in [0.4, 0.5) is 5.69 Å². The van der Waals surface area contributed by atoms with E-state index in [2.05, 4.69) is 5.32 Å². The summed E-state index contributed by atoms with van der Waals surface area (Å²) in [5, 5.41) is 3.68. The van der Waals surface area contributed by atoms with E-state index in [4.69, 9.17) is 21.9 Å². The second kappa shape index (κ2) is 9.99. The molecule has 210 valence electrons. The van der Waals surface area contributed by atoms with E-state index in [1.54, 1.807) is 36.2 Å². The molecule has 0 spiro atoms. The molecular weight excluding hydrogens is 538 g/mol. The second-order valence-electron chi connectivity index (χ2n) is 10.8. The highest BCUT2D eigenvalue weighted by molar-refractivity contribution is 7.21. The van der Waals surface area contributed by atoms with Crippen LogP contribution in [0, 0.1) is 6.92 Å². The summed E-state index contributed by atoms with van der Waals surface area (Å²) in [6, 6.07) is 17.0. The van der Waals surface area contributed by atoms with Crippen LogP contribution in [0.5, 0.6) is 11.5 Å². The molecule has 9 nitrogen and oxygen atoms in total. The largest absolute Gasteiger partial charge is 0.457 e. The first-order valence-electron chi connectivity index (χ1n) is 13.4. The Morgan fingerprint density at radius 3 is 2.51 bits per heavy atom. The van der Waals surface area contributed by atoms with Gasteiger partial charge in [-0.05, 0) is 60.4 Å². The number of ketones is 1. The molecule has 7 N–H and O–H groups in total. The zero-order valence-corrected chi connectivity index (χ0v) is 23.6. The maximum atomic E-state index is 14.1. The summed E-state index contributed by atoms with van der Waals surface area (Å²) < 4.78 is 6.65. The number of likely N-dealkylation sites (N-methyl/N-ethyl adjacent to an activating group) is 1. The number of hydrogen-bond donors (Lipinski definition) is 4. The minimum atomic E-state index is -1.56. The number of nitrogens with two attached hydrogens (primary N) is 3. The third-order valence-corrected chi connectivity index (χ3v) is 9.34. The van der Waals surface area contributed by atoms with Crippen molar-refractivity contribution in [3.8, 4) is 11.5 Å². The molecule has 4 aromatic rings. The molecule has 41 heavy (non-hydrogen) atoms. The molecule has 0 bridgehead atoms. The molecule has 2 aliphatic rings. The molecule has 3 atom stereocenters. The highest BCUT2D eigenvalue weighted by atomic mass is 32.1. The molecule has 0 saturated carbocycles. The molecule has 10 heteroatoms. The van der Waals surface area contributed by atoms with Crippen molar-refractivity contribution in [2.75, 3.05) is 19.3 Å². The molecule has 1 fully saturated rings. The van der Waals surface area contributed by atoms with Gasteiger partial charge in [-0.2, -0.15) is 0 Å². The van der Waals surface area contributed by atoms with Crippen LogP contribution in [0.2, 0.25) is 0 Å². The number of likely N-dealkylation sites (tertiary alicyclic amines) is 1. The van der Waals surface area contributed by atoms with Crippen LogP contribution in [-0.2, 0) is 15.1 Å². The Bertz CT molecular complexity index is 1720. The first kappa shape index (κ1) is 26.9. The van der Waals surface area contributed by atoms with E-state index in [0.717, 1.165) is 5.56 Å². The number of rotatable bonds is 5. The zero-order valence-electron chi connectivity index (χ0n) is 22.8. The van der Waals surface area contributed by atoms with Gasteiger partial charge in [0.2, 0.25) is 5.91 Å². The summed E-state index contributed by atoms with van der Waals surface area (Å²) in [4.78, 5) is 41.5. The van der Waals surface area contributed by atoms with Crippen molar-refractivity contribution in [3.63, 3.8) is 0 Å². The highest BCUT2D eigenvalue weighted by Crippen LogP contribution is 2.50. The lowest BCUT2D eigenvalue weighted by molar-refractivity contribution is -0.132. The third kappa shape index (κ3) is 4.35. The predicted molar refractivity (Wildman–Crippen MR) is 159 cm³/mol. The molecule has 6 rings (SSSR count). The third-order valence-electron chi connectivity index (χ3n) is 8.08. The van der Waals surface area contributed by atoms with Gasteiger partial charge in [0.15, 0.2) is 5.78 Å². The van der Waals surface area contributed by atoms with Gasteiger partial charge >= 0.3 is 0 Å². The van der Waals surface area contributed by atoms with Crippen LogP contribution in [0.3, 0.4) is 0 Å². The number of nitrogen functional groups attached to an aromatic ring is 1. The van der Waals surface area contributed by atoms with Crippen molar-refractivity contribution in [1.29, 1.82) is 0 Å². The van der Waals surface area contributed by atoms with Gasteiger partial charge in [-0.3, -0.25) is 14.4 Å². The van der Waals surface area contributed by atoms with E-state index < -0.39 is 17.4 Å². The average Bonchev–Trinajstić information content (AvgIpc) is 3.36. The standard InChI is InChI=1S/C31H31N5O4S/c1-16-14-19(40-18-6-4-3-5-7-18)9-10-20(16)31(34)21-11-12-22(32)27-24(21)25(26(33)29(31)38)28(41-27)30(39)35-17-8-13-23(37)36(2)15-17/h3-7,9-12,14,17,26H,8,13,15,32-34H2,1-2H3,(H,35,39). The van der Waals surface area contributed by atoms with E-state index in [9.17, 15) is 14.4 Å². The zero-order chi connectivity index (χ0) is 29.1. The quantitative estimate of drug-likeness (QED) is 0.267. The number of thiophene rings is 1. The average molecular weight is 570 g/mol. The summed E-state index contributed by atoms with van der Waals surface area (Å²) in [5.74, 6) is 0.600. The molecule has 2 heterocycles. The number of ether oxygens (including phenoxy) is 1. The number of nitrogens with zero attached hydrogens (tertiary/aromatic N) is 1. The van der Waals surface area contributed by atoms with Crippen molar-refractivity contribution in [1.82, 2.24) is 10.2 Å². The Labute approximate surface area is 241 Å². The van der Waals surface area contributed by atoms with Gasteiger partial charge in [-0.1, -0.05) is 30.3 Å². The fourth-order valence-corrected chi connectivity index (χ4v) is 7.18. The Kier molecular flexibility index (Phi) is 6.56. The first-order chi connectivity index (χ1) is 19.6. The van der Waals surface area contributed by atoms with Gasteiger partial charge in [0.05, 0.1) is 15.6 Å². The lowest BCUT2D eigenvalue weighted by Gasteiger charge is -2.37. The molecule has 3 unspecified atom stereocenters. The van der Waals surface area contributed by atoms with E-state index >= 15 is 0 Å². The van der Waals surface area contributed by atoms with Crippen molar-refractivity contribution in [2.24, 2.45) is 11.5 Å². The number of Topliss-reactive ketones (excluding diaryl/α,β-unsaturated/α-hetero) is 1. The number of anilines is 1. The van der Waals surface area contributed by atoms with Gasteiger partial charge in [-0.15, -0.1) is 11.3 Å². The van der Waals surface area contributed by atoms with E-state index in [-0.39, 0.29) is 17.9 Å². The Balaban J connectivity index is 1.42. The number of aryl methyl sites for hydroxylation is 1. The summed E-state index contributed by atoms with van der Waals surface area (Å²) in [5.41, 5.74) is 21.3. The number of amides is 2. The van der Waals surface area contributed by atoms with Gasteiger partial charge in [0.1, 0.15) is 17.0 Å². The Morgan fingerprint density at radius 1 is 1.07 bits per heavy atom. The molecule has 3 aromatic carbocycles. The molecule has 2 amide bonds. The maximum absolute atomic E-state index is 14.1. The van der Waals surface area contributed by atoms with Crippen molar-refractivity contribution in [3.05, 3.63) is 87.8 Å². The number of nitrogens with one attached hydrogen (secondary N) is 1. The number of hydrogen-bond acceptors (Lipinski definition) is 8. The van der Waals surface area contributed by atoms with Crippen molar-refractivity contribution < 1.29 is 19.1 Å². The summed E-state index contributed by atoms with van der Waals surface area (Å²) in [6.45, 7) is 2.29. The van der Waals surface area contributed by atoms with Gasteiger partial charge in [0, 0.05) is 42.7 Å². The molecule has 0 radical (unpaired) electrons. The minimum absolute atomic E-state index is 0.0479. The van der Waals surface area contributed by atoms with Gasteiger partial charge < -0.3 is 32.2 Å². The summed E-state index contributed by atoms with van der Waals surface area (Å²) in [6.07, 6.45) is 0.905. The van der Waals surface area contributed by atoms with E-state index in [1.807, 2.05) is 43.3 Å². The first-order valence-corrected chi connectivity index (χ1v) is 14.2. The fourth-order valence-electron chi connectivity index (χ4n) is 5.98. The number of carbonyl (C=O) groups excluding carboxylic acids is 3. The van der Waals surface area contributed by atoms with Crippen LogP contribution in [0.15, 0.2) is 60.7 Å². The molecule has 1 aliphatic carbocycles.